The summed E-state index contributed by atoms with van der Waals surface area (Å²) < 4.78 is 4.43. The van der Waals surface area contributed by atoms with Crippen molar-refractivity contribution >= 4 is 27.5 Å². The van der Waals surface area contributed by atoms with E-state index in [1.165, 1.54) is 0 Å². The highest BCUT2D eigenvalue weighted by molar-refractivity contribution is 9.10. The largest absolute Gasteiger partial charge is 0.324 e. The molecule has 1 unspecified atom stereocenters. The van der Waals surface area contributed by atoms with Crippen molar-refractivity contribution in [2.75, 3.05) is 5.32 Å². The molecule has 2 heterocycles. The van der Waals surface area contributed by atoms with Crippen molar-refractivity contribution in [1.29, 1.82) is 0 Å². The Morgan fingerprint density at radius 3 is 2.76 bits per heavy atom. The molecule has 3 aromatic rings. The van der Waals surface area contributed by atoms with E-state index in [1.807, 2.05) is 49.7 Å². The monoisotopic (exact) mass is 401 g/mol. The molecule has 7 heteroatoms. The number of benzene rings is 1. The summed E-state index contributed by atoms with van der Waals surface area (Å²) in [7, 11) is 0. The van der Waals surface area contributed by atoms with E-state index in [2.05, 4.69) is 37.5 Å². The van der Waals surface area contributed by atoms with Crippen LogP contribution in [0.2, 0.25) is 0 Å². The van der Waals surface area contributed by atoms with Crippen molar-refractivity contribution in [3.63, 3.8) is 0 Å². The topological polar surface area (TPSA) is 64.7 Å². The van der Waals surface area contributed by atoms with Gasteiger partial charge in [-0.1, -0.05) is 12.1 Å². The van der Waals surface area contributed by atoms with E-state index in [4.69, 9.17) is 0 Å². The molecule has 6 nitrogen and oxygen atoms in total. The van der Waals surface area contributed by atoms with Gasteiger partial charge in [-0.2, -0.15) is 10.2 Å². The first kappa shape index (κ1) is 17.4. The second kappa shape index (κ2) is 7.23. The third-order valence-electron chi connectivity index (χ3n) is 3.98. The minimum Gasteiger partial charge on any atom is -0.324 e. The molecule has 0 spiro atoms. The minimum absolute atomic E-state index is 0.112. The second-order valence-corrected chi connectivity index (χ2v) is 7.00. The van der Waals surface area contributed by atoms with Crippen molar-refractivity contribution < 1.29 is 4.79 Å². The van der Waals surface area contributed by atoms with Crippen LogP contribution in [-0.2, 0) is 11.3 Å². The van der Waals surface area contributed by atoms with E-state index in [0.717, 1.165) is 27.1 Å². The van der Waals surface area contributed by atoms with Crippen molar-refractivity contribution in [3.05, 3.63) is 64.1 Å². The van der Waals surface area contributed by atoms with Crippen LogP contribution in [0.15, 0.2) is 47.2 Å². The number of anilines is 1. The summed E-state index contributed by atoms with van der Waals surface area (Å²) in [5.74, 6) is -0.112. The normalized spacial score (nSPS) is 12.2. The maximum Gasteiger partial charge on any atom is 0.248 e. The number of aryl methyl sites for hydroxylation is 2. The van der Waals surface area contributed by atoms with Gasteiger partial charge >= 0.3 is 0 Å². The van der Waals surface area contributed by atoms with Crippen LogP contribution in [0, 0.1) is 13.8 Å². The lowest BCUT2D eigenvalue weighted by molar-refractivity contribution is -0.119. The average Bonchev–Trinajstić information content (AvgIpc) is 3.12. The molecule has 0 radical (unpaired) electrons. The highest BCUT2D eigenvalue weighted by Crippen LogP contribution is 2.17. The molecule has 1 aromatic carbocycles. The van der Waals surface area contributed by atoms with Gasteiger partial charge in [-0.3, -0.25) is 14.2 Å². The molecule has 2 aromatic heterocycles. The molecule has 1 N–H and O–H groups in total. The summed E-state index contributed by atoms with van der Waals surface area (Å²) in [5, 5.41) is 11.6. The number of nitrogens with one attached hydrogen (secondary N) is 1. The number of carbonyl (C=O) groups excluding carboxylic acids is 1. The fourth-order valence-corrected chi connectivity index (χ4v) is 2.95. The van der Waals surface area contributed by atoms with Gasteiger partial charge < -0.3 is 5.32 Å². The van der Waals surface area contributed by atoms with Crippen LogP contribution in [0.5, 0.6) is 0 Å². The molecular weight excluding hydrogens is 382 g/mol. The van der Waals surface area contributed by atoms with E-state index in [-0.39, 0.29) is 5.91 Å². The summed E-state index contributed by atoms with van der Waals surface area (Å²) in [4.78, 5) is 12.4. The predicted molar refractivity (Wildman–Crippen MR) is 101 cm³/mol. The molecule has 0 bridgehead atoms. The van der Waals surface area contributed by atoms with Crippen LogP contribution in [-0.4, -0.2) is 25.5 Å². The Balaban J connectivity index is 1.71. The number of rotatable bonds is 5. The third kappa shape index (κ3) is 4.17. The number of hydrogen-bond acceptors (Lipinski definition) is 3. The number of hydrogen-bond donors (Lipinski definition) is 1. The SMILES string of the molecule is Cc1cc(C)n(Cc2cccc(NC(=O)C(C)n3cc(Br)cn3)c2)n1. The van der Waals surface area contributed by atoms with Gasteiger partial charge in [0, 0.05) is 17.6 Å². The van der Waals surface area contributed by atoms with Crippen LogP contribution in [0.25, 0.3) is 0 Å². The molecule has 0 saturated carbocycles. The van der Waals surface area contributed by atoms with Crippen LogP contribution in [0.3, 0.4) is 0 Å². The highest BCUT2D eigenvalue weighted by atomic mass is 79.9. The summed E-state index contributed by atoms with van der Waals surface area (Å²) in [6.45, 7) is 6.50. The molecule has 1 amide bonds. The summed E-state index contributed by atoms with van der Waals surface area (Å²) >= 11 is 3.34. The van der Waals surface area contributed by atoms with Crippen LogP contribution in [0.4, 0.5) is 5.69 Å². The second-order valence-electron chi connectivity index (χ2n) is 6.09. The minimum atomic E-state index is -0.397. The summed E-state index contributed by atoms with van der Waals surface area (Å²) in [6, 6.07) is 9.47. The zero-order valence-corrected chi connectivity index (χ0v) is 16.0. The summed E-state index contributed by atoms with van der Waals surface area (Å²) in [6.07, 6.45) is 3.45. The Morgan fingerprint density at radius 1 is 1.32 bits per heavy atom. The molecule has 0 saturated heterocycles. The first-order valence-corrected chi connectivity index (χ1v) is 8.82. The van der Waals surface area contributed by atoms with Crippen LogP contribution < -0.4 is 5.32 Å². The Bertz CT molecular complexity index is 899. The average molecular weight is 402 g/mol. The molecule has 0 fully saturated rings. The Morgan fingerprint density at radius 2 is 2.12 bits per heavy atom. The third-order valence-corrected chi connectivity index (χ3v) is 4.39. The van der Waals surface area contributed by atoms with Crippen LogP contribution in [0.1, 0.15) is 29.9 Å². The number of amides is 1. The van der Waals surface area contributed by atoms with Crippen molar-refractivity contribution in [1.82, 2.24) is 19.6 Å². The van der Waals surface area contributed by atoms with E-state index in [1.54, 1.807) is 17.1 Å². The van der Waals surface area contributed by atoms with Gasteiger partial charge in [0.05, 0.1) is 22.9 Å². The van der Waals surface area contributed by atoms with Gasteiger partial charge in [0.15, 0.2) is 0 Å². The quantitative estimate of drug-likeness (QED) is 0.708. The fraction of sp³-hybridized carbons (Fsp3) is 0.278. The van der Waals surface area contributed by atoms with Gasteiger partial charge in [-0.25, -0.2) is 0 Å². The smallest absolute Gasteiger partial charge is 0.248 e. The predicted octanol–water partition coefficient (Wildman–Crippen LogP) is 3.71. The maximum absolute atomic E-state index is 12.4. The van der Waals surface area contributed by atoms with Crippen molar-refractivity contribution in [2.24, 2.45) is 0 Å². The summed E-state index contributed by atoms with van der Waals surface area (Å²) in [5.41, 5.74) is 3.96. The first-order chi connectivity index (χ1) is 11.9. The zero-order valence-electron chi connectivity index (χ0n) is 14.4. The first-order valence-electron chi connectivity index (χ1n) is 8.03. The molecule has 25 heavy (non-hydrogen) atoms. The lowest BCUT2D eigenvalue weighted by Crippen LogP contribution is -2.24. The molecule has 1 atom stereocenters. The zero-order chi connectivity index (χ0) is 18.0. The number of carbonyl (C=O) groups is 1. The number of nitrogens with zero attached hydrogens (tertiary/aromatic N) is 4. The fourth-order valence-electron chi connectivity index (χ4n) is 2.65. The molecule has 130 valence electrons. The molecular formula is C18H20BrN5O. The molecule has 0 aliphatic carbocycles. The molecule has 0 aliphatic rings. The molecule has 3 rings (SSSR count). The number of halogens is 1. The van der Waals surface area contributed by atoms with Gasteiger partial charge in [0.1, 0.15) is 6.04 Å². The number of aromatic nitrogens is 4. The van der Waals surface area contributed by atoms with Gasteiger partial charge in [-0.05, 0) is 60.5 Å². The Hall–Kier alpha value is -2.41. The van der Waals surface area contributed by atoms with Gasteiger partial charge in [0.2, 0.25) is 5.91 Å². The van der Waals surface area contributed by atoms with E-state index in [0.29, 0.717) is 6.54 Å². The Kier molecular flexibility index (Phi) is 5.03. The highest BCUT2D eigenvalue weighted by Gasteiger charge is 2.16. The van der Waals surface area contributed by atoms with Crippen LogP contribution >= 0.6 is 15.9 Å². The lowest BCUT2D eigenvalue weighted by atomic mass is 10.2. The maximum atomic E-state index is 12.4. The Labute approximate surface area is 155 Å². The van der Waals surface area contributed by atoms with E-state index in [9.17, 15) is 4.79 Å². The van der Waals surface area contributed by atoms with Gasteiger partial charge in [0.25, 0.3) is 0 Å². The van der Waals surface area contributed by atoms with E-state index >= 15 is 0 Å². The van der Waals surface area contributed by atoms with E-state index < -0.39 is 6.04 Å². The standard InChI is InChI=1S/C18H20BrN5O/c1-12-7-13(2)23(22-12)10-15-5-4-6-17(8-15)21-18(25)14(3)24-11-16(19)9-20-24/h4-9,11,14H,10H2,1-3H3,(H,21,25). The van der Waals surface area contributed by atoms with Gasteiger partial charge in [-0.15, -0.1) is 0 Å². The van der Waals surface area contributed by atoms with Crippen molar-refractivity contribution in [2.45, 2.75) is 33.4 Å². The lowest BCUT2D eigenvalue weighted by Gasteiger charge is -2.13. The molecule has 0 aliphatic heterocycles. The van der Waals surface area contributed by atoms with Crippen molar-refractivity contribution in [3.8, 4) is 0 Å².